The summed E-state index contributed by atoms with van der Waals surface area (Å²) >= 11 is 3.23. The predicted molar refractivity (Wildman–Crippen MR) is 79.4 cm³/mol. The summed E-state index contributed by atoms with van der Waals surface area (Å²) in [6.07, 6.45) is 1.56. The second kappa shape index (κ2) is 6.38. The van der Waals surface area contributed by atoms with Crippen molar-refractivity contribution in [3.8, 4) is 11.5 Å². The summed E-state index contributed by atoms with van der Waals surface area (Å²) in [5.41, 5.74) is 1.10. The molecule has 0 saturated heterocycles. The van der Waals surface area contributed by atoms with E-state index >= 15 is 0 Å². The third-order valence-corrected chi connectivity index (χ3v) is 3.03. The minimum absolute atomic E-state index is 0.233. The van der Waals surface area contributed by atoms with Gasteiger partial charge in [0.05, 0.1) is 14.2 Å². The van der Waals surface area contributed by atoms with E-state index in [1.807, 2.05) is 0 Å². The number of hydrogen-bond donors (Lipinski definition) is 1. The second-order valence-electron chi connectivity index (χ2n) is 3.92. The lowest BCUT2D eigenvalue weighted by atomic mass is 10.2. The van der Waals surface area contributed by atoms with Gasteiger partial charge in [-0.2, -0.15) is 0 Å². The Hall–Kier alpha value is -2.08. The van der Waals surface area contributed by atoms with E-state index in [9.17, 15) is 4.79 Å². The molecule has 0 aliphatic heterocycles. The van der Waals surface area contributed by atoms with E-state index < -0.39 is 0 Å². The summed E-state index contributed by atoms with van der Waals surface area (Å²) in [6, 6.07) is 8.45. The summed E-state index contributed by atoms with van der Waals surface area (Å²) in [5.74, 6) is 0.981. The Kier molecular flexibility index (Phi) is 4.57. The molecule has 0 saturated carbocycles. The zero-order valence-corrected chi connectivity index (χ0v) is 12.6. The zero-order valence-electron chi connectivity index (χ0n) is 11.0. The number of carbonyl (C=O) groups is 1. The number of amides is 1. The molecule has 0 aliphatic rings. The van der Waals surface area contributed by atoms with Crippen molar-refractivity contribution in [3.05, 3.63) is 46.7 Å². The van der Waals surface area contributed by atoms with Crippen LogP contribution in [-0.2, 0) is 0 Å². The number of rotatable bonds is 4. The van der Waals surface area contributed by atoms with E-state index in [2.05, 4.69) is 26.2 Å². The van der Waals surface area contributed by atoms with Crippen molar-refractivity contribution in [2.45, 2.75) is 0 Å². The molecule has 0 bridgehead atoms. The minimum Gasteiger partial charge on any atom is -0.497 e. The van der Waals surface area contributed by atoms with E-state index in [0.29, 0.717) is 27.4 Å². The average molecular weight is 337 g/mol. The van der Waals surface area contributed by atoms with Gasteiger partial charge in [0.2, 0.25) is 0 Å². The summed E-state index contributed by atoms with van der Waals surface area (Å²) in [5, 5.41) is 2.79. The van der Waals surface area contributed by atoms with Crippen LogP contribution in [0.1, 0.15) is 10.4 Å². The molecular weight excluding hydrogens is 324 g/mol. The number of benzene rings is 1. The summed E-state index contributed by atoms with van der Waals surface area (Å²) in [6.45, 7) is 0. The van der Waals surface area contributed by atoms with Gasteiger partial charge < -0.3 is 14.8 Å². The molecule has 20 heavy (non-hydrogen) atoms. The number of halogens is 1. The molecule has 0 aliphatic carbocycles. The van der Waals surface area contributed by atoms with Crippen LogP contribution < -0.4 is 14.8 Å². The maximum atomic E-state index is 12.1. The topological polar surface area (TPSA) is 60.5 Å². The van der Waals surface area contributed by atoms with Crippen LogP contribution in [0.25, 0.3) is 0 Å². The Balaban J connectivity index is 2.23. The number of anilines is 1. The molecule has 2 aromatic rings. The second-order valence-corrected chi connectivity index (χ2v) is 4.74. The minimum atomic E-state index is -0.233. The molecule has 0 atom stereocenters. The Labute approximate surface area is 125 Å². The molecule has 1 aromatic carbocycles. The first-order valence-electron chi connectivity index (χ1n) is 5.78. The maximum Gasteiger partial charge on any atom is 0.255 e. The number of nitrogens with zero attached hydrogens (tertiary/aromatic N) is 1. The highest BCUT2D eigenvalue weighted by Gasteiger charge is 2.09. The highest BCUT2D eigenvalue weighted by atomic mass is 79.9. The lowest BCUT2D eigenvalue weighted by Crippen LogP contribution is -2.12. The Bertz CT molecular complexity index is 609. The maximum absolute atomic E-state index is 12.1. The Morgan fingerprint density at radius 2 is 1.80 bits per heavy atom. The number of nitrogens with one attached hydrogen (secondary N) is 1. The molecule has 5 nitrogen and oxygen atoms in total. The highest BCUT2D eigenvalue weighted by Crippen LogP contribution is 2.26. The fourth-order valence-corrected chi connectivity index (χ4v) is 1.99. The first kappa shape index (κ1) is 14.3. The van der Waals surface area contributed by atoms with Crippen molar-refractivity contribution in [3.63, 3.8) is 0 Å². The van der Waals surface area contributed by atoms with Crippen LogP contribution in [0.4, 0.5) is 5.69 Å². The molecule has 1 N–H and O–H groups in total. The van der Waals surface area contributed by atoms with Gasteiger partial charge in [-0.25, -0.2) is 4.98 Å². The molecule has 104 valence electrons. The van der Waals surface area contributed by atoms with Crippen molar-refractivity contribution in [2.24, 2.45) is 0 Å². The van der Waals surface area contributed by atoms with E-state index in [1.165, 1.54) is 0 Å². The molecule has 6 heteroatoms. The van der Waals surface area contributed by atoms with Gasteiger partial charge in [-0.05, 0) is 28.1 Å². The summed E-state index contributed by atoms with van der Waals surface area (Å²) in [7, 11) is 3.11. The van der Waals surface area contributed by atoms with Crippen LogP contribution in [0.2, 0.25) is 0 Å². The molecule has 2 rings (SSSR count). The van der Waals surface area contributed by atoms with Crippen LogP contribution in [0.3, 0.4) is 0 Å². The highest BCUT2D eigenvalue weighted by molar-refractivity contribution is 9.10. The van der Waals surface area contributed by atoms with E-state index in [-0.39, 0.29) is 5.91 Å². The molecule has 0 fully saturated rings. The SMILES string of the molecule is COc1cc(NC(=O)c2ccnc(Br)c2)cc(OC)c1. The average Bonchev–Trinajstić information content (AvgIpc) is 2.46. The molecule has 1 heterocycles. The zero-order chi connectivity index (χ0) is 14.5. The fourth-order valence-electron chi connectivity index (χ4n) is 1.63. The van der Waals surface area contributed by atoms with Crippen molar-refractivity contribution in [1.82, 2.24) is 4.98 Å². The lowest BCUT2D eigenvalue weighted by molar-refractivity contribution is 0.102. The van der Waals surface area contributed by atoms with Gasteiger partial charge in [-0.15, -0.1) is 0 Å². The third-order valence-electron chi connectivity index (χ3n) is 2.60. The van der Waals surface area contributed by atoms with Crippen LogP contribution >= 0.6 is 15.9 Å². The molecular formula is C14H13BrN2O3. The lowest BCUT2D eigenvalue weighted by Gasteiger charge is -2.10. The van der Waals surface area contributed by atoms with Crippen molar-refractivity contribution in [2.75, 3.05) is 19.5 Å². The number of aromatic nitrogens is 1. The quantitative estimate of drug-likeness (QED) is 0.871. The van der Waals surface area contributed by atoms with E-state index in [4.69, 9.17) is 9.47 Å². The van der Waals surface area contributed by atoms with Crippen LogP contribution in [-0.4, -0.2) is 25.1 Å². The van der Waals surface area contributed by atoms with Gasteiger partial charge >= 0.3 is 0 Å². The molecule has 0 spiro atoms. The van der Waals surface area contributed by atoms with Crippen molar-refractivity contribution >= 4 is 27.5 Å². The van der Waals surface area contributed by atoms with Gasteiger partial charge in [-0.1, -0.05) is 0 Å². The number of ether oxygens (including phenoxy) is 2. The van der Waals surface area contributed by atoms with Gasteiger partial charge in [0, 0.05) is 35.6 Å². The largest absolute Gasteiger partial charge is 0.497 e. The molecule has 1 aromatic heterocycles. The Morgan fingerprint density at radius 3 is 2.35 bits per heavy atom. The monoisotopic (exact) mass is 336 g/mol. The fraction of sp³-hybridized carbons (Fsp3) is 0.143. The number of pyridine rings is 1. The number of carbonyl (C=O) groups excluding carboxylic acids is 1. The molecule has 1 amide bonds. The van der Waals surface area contributed by atoms with Crippen LogP contribution in [0.15, 0.2) is 41.1 Å². The summed E-state index contributed by atoms with van der Waals surface area (Å²) in [4.78, 5) is 16.1. The smallest absolute Gasteiger partial charge is 0.255 e. The standard InChI is InChI=1S/C14H13BrN2O3/c1-19-11-6-10(7-12(8-11)20-2)17-14(18)9-3-4-16-13(15)5-9/h3-8H,1-2H3,(H,17,18). The molecule has 0 radical (unpaired) electrons. The van der Waals surface area contributed by atoms with Gasteiger partial charge in [0.15, 0.2) is 0 Å². The Morgan fingerprint density at radius 1 is 1.15 bits per heavy atom. The number of methoxy groups -OCH3 is 2. The first-order valence-corrected chi connectivity index (χ1v) is 6.57. The third kappa shape index (κ3) is 3.48. The number of hydrogen-bond acceptors (Lipinski definition) is 4. The van der Waals surface area contributed by atoms with Crippen LogP contribution in [0.5, 0.6) is 11.5 Å². The van der Waals surface area contributed by atoms with E-state index in [1.54, 1.807) is 50.7 Å². The van der Waals surface area contributed by atoms with Gasteiger partial charge in [-0.3, -0.25) is 4.79 Å². The van der Waals surface area contributed by atoms with Gasteiger partial charge in [0.1, 0.15) is 16.1 Å². The van der Waals surface area contributed by atoms with Crippen LogP contribution in [0, 0.1) is 0 Å². The van der Waals surface area contributed by atoms with Crippen molar-refractivity contribution < 1.29 is 14.3 Å². The summed E-state index contributed by atoms with van der Waals surface area (Å²) < 4.78 is 10.9. The first-order chi connectivity index (χ1) is 9.62. The van der Waals surface area contributed by atoms with Gasteiger partial charge in [0.25, 0.3) is 5.91 Å². The van der Waals surface area contributed by atoms with E-state index in [0.717, 1.165) is 0 Å². The normalized spacial score (nSPS) is 9.95. The molecule has 0 unspecified atom stereocenters. The van der Waals surface area contributed by atoms with Crippen molar-refractivity contribution in [1.29, 1.82) is 0 Å². The predicted octanol–water partition coefficient (Wildman–Crippen LogP) is 3.11.